The Morgan fingerprint density at radius 1 is 1.79 bits per heavy atom. The van der Waals surface area contributed by atoms with Gasteiger partial charge in [0.2, 0.25) is 5.88 Å². The smallest absolute Gasteiger partial charge is 0.273 e. The quantitative estimate of drug-likeness (QED) is 0.623. The zero-order valence-electron chi connectivity index (χ0n) is 8.07. The lowest BCUT2D eigenvalue weighted by Gasteiger charge is -2.16. The average molecular weight is 199 g/mol. The van der Waals surface area contributed by atoms with E-state index in [0.29, 0.717) is 0 Å². The van der Waals surface area contributed by atoms with Crippen molar-refractivity contribution in [1.29, 1.82) is 0 Å². The summed E-state index contributed by atoms with van der Waals surface area (Å²) < 4.78 is 4.52. The monoisotopic (exact) mass is 199 g/mol. The molecule has 4 N–H and O–H groups in total. The fraction of sp³-hybridized carbons (Fsp3) is 0.500. The van der Waals surface area contributed by atoms with Crippen LogP contribution >= 0.6 is 0 Å². The third kappa shape index (κ3) is 3.06. The van der Waals surface area contributed by atoms with E-state index < -0.39 is 11.5 Å². The van der Waals surface area contributed by atoms with E-state index in [1.54, 1.807) is 13.8 Å². The SMILES string of the molecule is CC(C)(O)CNC(=O)c1cc(N)on1. The van der Waals surface area contributed by atoms with Crippen LogP contribution in [0.2, 0.25) is 0 Å². The Labute approximate surface area is 81.1 Å². The van der Waals surface area contributed by atoms with E-state index in [1.165, 1.54) is 6.07 Å². The van der Waals surface area contributed by atoms with Gasteiger partial charge in [0, 0.05) is 12.6 Å². The van der Waals surface area contributed by atoms with E-state index in [9.17, 15) is 9.90 Å². The Bertz CT molecular complexity index is 327. The second kappa shape index (κ2) is 3.67. The van der Waals surface area contributed by atoms with Gasteiger partial charge in [0.05, 0.1) is 5.60 Å². The third-order valence-electron chi connectivity index (χ3n) is 1.44. The molecule has 1 amide bonds. The zero-order chi connectivity index (χ0) is 10.8. The summed E-state index contributed by atoms with van der Waals surface area (Å²) in [6.45, 7) is 3.31. The molecule has 6 nitrogen and oxygen atoms in total. The molecule has 0 saturated heterocycles. The lowest BCUT2D eigenvalue weighted by Crippen LogP contribution is -2.38. The minimum atomic E-state index is -0.953. The van der Waals surface area contributed by atoms with E-state index in [4.69, 9.17) is 5.73 Å². The number of rotatable bonds is 3. The van der Waals surface area contributed by atoms with Crippen molar-refractivity contribution in [2.24, 2.45) is 0 Å². The van der Waals surface area contributed by atoms with Crippen molar-refractivity contribution in [3.63, 3.8) is 0 Å². The predicted octanol–water partition coefficient (Wildman–Crippen LogP) is -0.243. The minimum absolute atomic E-state index is 0.0819. The zero-order valence-corrected chi connectivity index (χ0v) is 8.07. The Hall–Kier alpha value is -1.56. The van der Waals surface area contributed by atoms with Crippen molar-refractivity contribution in [2.45, 2.75) is 19.4 Å². The van der Waals surface area contributed by atoms with Crippen LogP contribution in [0.15, 0.2) is 10.6 Å². The number of nitrogens with one attached hydrogen (secondary N) is 1. The molecule has 0 unspecified atom stereocenters. The molecule has 14 heavy (non-hydrogen) atoms. The third-order valence-corrected chi connectivity index (χ3v) is 1.44. The summed E-state index contributed by atoms with van der Waals surface area (Å²) in [5.74, 6) is -0.342. The fourth-order valence-electron chi connectivity index (χ4n) is 0.783. The van der Waals surface area contributed by atoms with Gasteiger partial charge in [0.1, 0.15) is 0 Å². The predicted molar refractivity (Wildman–Crippen MR) is 49.5 cm³/mol. The van der Waals surface area contributed by atoms with Gasteiger partial charge >= 0.3 is 0 Å². The van der Waals surface area contributed by atoms with E-state index in [1.807, 2.05) is 0 Å². The summed E-state index contributed by atoms with van der Waals surface area (Å²) in [4.78, 5) is 11.3. The van der Waals surface area contributed by atoms with Gasteiger partial charge in [-0.2, -0.15) is 0 Å². The van der Waals surface area contributed by atoms with E-state index in [2.05, 4.69) is 15.0 Å². The number of hydrogen-bond acceptors (Lipinski definition) is 5. The molecule has 1 rings (SSSR count). The summed E-state index contributed by atoms with van der Waals surface area (Å²) in [6.07, 6.45) is 0. The maximum Gasteiger partial charge on any atom is 0.273 e. The molecular weight excluding hydrogens is 186 g/mol. The van der Waals surface area contributed by atoms with Crippen molar-refractivity contribution >= 4 is 11.8 Å². The topological polar surface area (TPSA) is 101 Å². The van der Waals surface area contributed by atoms with Crippen molar-refractivity contribution in [2.75, 3.05) is 12.3 Å². The molecule has 1 heterocycles. The van der Waals surface area contributed by atoms with Gasteiger partial charge in [-0.25, -0.2) is 0 Å². The van der Waals surface area contributed by atoms with Crippen LogP contribution < -0.4 is 11.1 Å². The van der Waals surface area contributed by atoms with Gasteiger partial charge < -0.3 is 20.7 Å². The highest BCUT2D eigenvalue weighted by atomic mass is 16.5. The number of hydrogen-bond donors (Lipinski definition) is 3. The first-order valence-corrected chi connectivity index (χ1v) is 4.11. The van der Waals surface area contributed by atoms with Gasteiger partial charge in [0.25, 0.3) is 5.91 Å². The van der Waals surface area contributed by atoms with E-state index in [-0.39, 0.29) is 18.1 Å². The molecule has 6 heteroatoms. The van der Waals surface area contributed by atoms with Crippen molar-refractivity contribution in [3.8, 4) is 0 Å². The largest absolute Gasteiger partial charge is 0.389 e. The molecule has 78 valence electrons. The number of carbonyl (C=O) groups excluding carboxylic acids is 1. The fourth-order valence-corrected chi connectivity index (χ4v) is 0.783. The molecule has 0 bridgehead atoms. The molecule has 0 spiro atoms. The minimum Gasteiger partial charge on any atom is -0.389 e. The van der Waals surface area contributed by atoms with Crippen LogP contribution in [-0.4, -0.2) is 28.3 Å². The van der Waals surface area contributed by atoms with Gasteiger partial charge in [-0.3, -0.25) is 4.79 Å². The highest BCUT2D eigenvalue weighted by molar-refractivity contribution is 5.92. The number of anilines is 1. The number of nitrogens with two attached hydrogens (primary N) is 1. The van der Waals surface area contributed by atoms with Crippen LogP contribution in [0.3, 0.4) is 0 Å². The summed E-state index contributed by atoms with van der Waals surface area (Å²) in [6, 6.07) is 1.32. The lowest BCUT2D eigenvalue weighted by molar-refractivity contribution is 0.0690. The number of aliphatic hydroxyl groups is 1. The molecule has 0 radical (unpaired) electrons. The Kier molecular flexibility index (Phi) is 2.76. The molecule has 0 aromatic carbocycles. The van der Waals surface area contributed by atoms with Gasteiger partial charge in [-0.05, 0) is 13.8 Å². The first-order valence-electron chi connectivity index (χ1n) is 4.11. The van der Waals surface area contributed by atoms with E-state index >= 15 is 0 Å². The molecule has 1 aromatic heterocycles. The van der Waals surface area contributed by atoms with Crippen LogP contribution in [-0.2, 0) is 0 Å². The van der Waals surface area contributed by atoms with Crippen molar-refractivity contribution in [1.82, 2.24) is 10.5 Å². The number of nitrogen functional groups attached to an aromatic ring is 1. The maximum atomic E-state index is 11.3. The van der Waals surface area contributed by atoms with Crippen LogP contribution in [0.4, 0.5) is 5.88 Å². The summed E-state index contributed by atoms with van der Waals surface area (Å²) >= 11 is 0. The van der Waals surface area contributed by atoms with E-state index in [0.717, 1.165) is 0 Å². The molecule has 0 atom stereocenters. The molecule has 0 aliphatic heterocycles. The standard InChI is InChI=1S/C8H13N3O3/c1-8(2,13)4-10-7(12)5-3-6(9)14-11-5/h3,13H,4,9H2,1-2H3,(H,10,12). The molecular formula is C8H13N3O3. The number of aromatic nitrogens is 1. The summed E-state index contributed by atoms with van der Waals surface area (Å²) in [5, 5.41) is 15.2. The number of amides is 1. The van der Waals surface area contributed by atoms with Crippen LogP contribution in [0.1, 0.15) is 24.3 Å². The molecule has 0 aliphatic carbocycles. The Balaban J connectivity index is 2.52. The molecule has 0 saturated carbocycles. The normalized spacial score (nSPS) is 11.4. The maximum absolute atomic E-state index is 11.3. The van der Waals surface area contributed by atoms with Gasteiger partial charge in [-0.15, -0.1) is 0 Å². The first-order chi connectivity index (χ1) is 6.38. The van der Waals surface area contributed by atoms with Crippen molar-refractivity contribution < 1.29 is 14.4 Å². The second-order valence-corrected chi connectivity index (χ2v) is 3.61. The average Bonchev–Trinajstić information content (AvgIpc) is 2.46. The summed E-state index contributed by atoms with van der Waals surface area (Å²) in [5.41, 5.74) is 4.39. The van der Waals surface area contributed by atoms with Gasteiger partial charge in [0.15, 0.2) is 5.69 Å². The molecule has 0 fully saturated rings. The second-order valence-electron chi connectivity index (χ2n) is 3.61. The van der Waals surface area contributed by atoms with Crippen LogP contribution in [0, 0.1) is 0 Å². The van der Waals surface area contributed by atoms with Gasteiger partial charge in [-0.1, -0.05) is 5.16 Å². The molecule has 1 aromatic rings. The Morgan fingerprint density at radius 3 is 2.86 bits per heavy atom. The summed E-state index contributed by atoms with van der Waals surface area (Å²) in [7, 11) is 0. The van der Waals surface area contributed by atoms with Crippen LogP contribution in [0.25, 0.3) is 0 Å². The highest BCUT2D eigenvalue weighted by Crippen LogP contribution is 2.04. The molecule has 0 aliphatic rings. The number of carbonyl (C=O) groups is 1. The van der Waals surface area contributed by atoms with Crippen molar-refractivity contribution in [3.05, 3.63) is 11.8 Å². The lowest BCUT2D eigenvalue weighted by atomic mass is 10.1. The first kappa shape index (κ1) is 10.5. The number of nitrogens with zero attached hydrogens (tertiary/aromatic N) is 1. The van der Waals surface area contributed by atoms with Crippen LogP contribution in [0.5, 0.6) is 0 Å². The Morgan fingerprint density at radius 2 is 2.43 bits per heavy atom. The highest BCUT2D eigenvalue weighted by Gasteiger charge is 2.16.